The Morgan fingerprint density at radius 2 is 1.33 bits per heavy atom. The highest BCUT2D eigenvalue weighted by Gasteiger charge is 2.08. The molecule has 4 nitrogen and oxygen atoms in total. The Balaban J connectivity index is 1.59. The van der Waals surface area contributed by atoms with Gasteiger partial charge in [-0.2, -0.15) is 0 Å². The fraction of sp³-hybridized carbons (Fsp3) is 0. The van der Waals surface area contributed by atoms with Gasteiger partial charge in [0.25, 0.3) is 0 Å². The lowest BCUT2D eigenvalue weighted by Gasteiger charge is -1.97. The van der Waals surface area contributed by atoms with Crippen molar-refractivity contribution in [2.45, 2.75) is 0 Å². The van der Waals surface area contributed by atoms with Gasteiger partial charge in [-0.3, -0.25) is 0 Å². The van der Waals surface area contributed by atoms with E-state index in [0.29, 0.717) is 11.8 Å². The fourth-order valence-corrected chi connectivity index (χ4v) is 2.45. The van der Waals surface area contributed by atoms with Gasteiger partial charge in [0.15, 0.2) is 0 Å². The smallest absolute Gasteiger partial charge is 0.246 e. The molecule has 4 heteroatoms. The van der Waals surface area contributed by atoms with Crippen LogP contribution in [0, 0.1) is 0 Å². The third-order valence-corrected chi connectivity index (χ3v) is 3.62. The van der Waals surface area contributed by atoms with Crippen LogP contribution in [0.5, 0.6) is 0 Å². The molecular formula is C20H14N2O2. The molecule has 0 saturated heterocycles. The predicted octanol–water partition coefficient (Wildman–Crippen LogP) is 6.62. The second-order valence-corrected chi connectivity index (χ2v) is 5.21. The van der Waals surface area contributed by atoms with Crippen molar-refractivity contribution in [3.8, 4) is 22.5 Å². The Bertz CT molecular complexity index is 953. The standard InChI is InChI=1S/C20H14N2O2/c1-3-7-15(8-4-1)17-13-14-23-20(17)22-21-19-12-11-18(24-19)16-9-5-2-6-10-16/h1-14H. The minimum atomic E-state index is 0.435. The van der Waals surface area contributed by atoms with Gasteiger partial charge in [0.1, 0.15) is 5.76 Å². The first-order chi connectivity index (χ1) is 11.9. The Labute approximate surface area is 139 Å². The zero-order valence-corrected chi connectivity index (χ0v) is 12.8. The number of nitrogens with zero attached hydrogens (tertiary/aromatic N) is 2. The maximum Gasteiger partial charge on any atom is 0.246 e. The number of benzene rings is 2. The van der Waals surface area contributed by atoms with Crippen molar-refractivity contribution < 1.29 is 8.83 Å². The van der Waals surface area contributed by atoms with Crippen molar-refractivity contribution in [3.05, 3.63) is 85.1 Å². The topological polar surface area (TPSA) is 51.0 Å². The third-order valence-electron chi connectivity index (χ3n) is 3.62. The van der Waals surface area contributed by atoms with Gasteiger partial charge >= 0.3 is 0 Å². The molecule has 0 aliphatic carbocycles. The summed E-state index contributed by atoms with van der Waals surface area (Å²) in [6, 6.07) is 25.3. The van der Waals surface area contributed by atoms with E-state index in [4.69, 9.17) is 8.83 Å². The maximum atomic E-state index is 5.71. The van der Waals surface area contributed by atoms with E-state index in [9.17, 15) is 0 Å². The molecule has 4 rings (SSSR count). The number of azo groups is 1. The van der Waals surface area contributed by atoms with Gasteiger partial charge in [0.2, 0.25) is 11.8 Å². The summed E-state index contributed by atoms with van der Waals surface area (Å²) in [7, 11) is 0. The molecule has 4 aromatic rings. The summed E-state index contributed by atoms with van der Waals surface area (Å²) in [4.78, 5) is 0. The molecule has 116 valence electrons. The molecule has 2 aromatic heterocycles. The van der Waals surface area contributed by atoms with Crippen LogP contribution >= 0.6 is 0 Å². The van der Waals surface area contributed by atoms with E-state index >= 15 is 0 Å². The van der Waals surface area contributed by atoms with Gasteiger partial charge in [-0.05, 0) is 17.7 Å². The van der Waals surface area contributed by atoms with Gasteiger partial charge in [-0.25, -0.2) is 0 Å². The van der Waals surface area contributed by atoms with Crippen LogP contribution in [-0.4, -0.2) is 0 Å². The molecule has 0 aliphatic heterocycles. The van der Waals surface area contributed by atoms with Crippen LogP contribution in [0.15, 0.2) is 104 Å². The summed E-state index contributed by atoms with van der Waals surface area (Å²) >= 11 is 0. The molecule has 24 heavy (non-hydrogen) atoms. The zero-order chi connectivity index (χ0) is 16.2. The Kier molecular flexibility index (Phi) is 3.78. The van der Waals surface area contributed by atoms with E-state index in [1.807, 2.05) is 72.8 Å². The molecule has 0 amide bonds. The first-order valence-electron chi connectivity index (χ1n) is 7.60. The van der Waals surface area contributed by atoms with Crippen LogP contribution in [0.25, 0.3) is 22.5 Å². The predicted molar refractivity (Wildman–Crippen MR) is 92.5 cm³/mol. The molecule has 2 heterocycles. The van der Waals surface area contributed by atoms with Crippen molar-refractivity contribution in [2.24, 2.45) is 10.2 Å². The van der Waals surface area contributed by atoms with Gasteiger partial charge in [0.05, 0.1) is 6.26 Å². The summed E-state index contributed by atoms with van der Waals surface area (Å²) in [5.41, 5.74) is 2.93. The first-order valence-corrected chi connectivity index (χ1v) is 7.60. The van der Waals surface area contributed by atoms with Crippen molar-refractivity contribution >= 4 is 11.8 Å². The van der Waals surface area contributed by atoms with Crippen molar-refractivity contribution in [3.63, 3.8) is 0 Å². The monoisotopic (exact) mass is 314 g/mol. The average Bonchev–Trinajstić information content (AvgIpc) is 3.31. The molecule has 0 N–H and O–H groups in total. The lowest BCUT2D eigenvalue weighted by molar-refractivity contribution is 0.561. The normalized spacial score (nSPS) is 11.2. The summed E-state index contributed by atoms with van der Waals surface area (Å²) < 4.78 is 11.1. The number of rotatable bonds is 4. The molecule has 0 atom stereocenters. The molecule has 0 spiro atoms. The zero-order valence-electron chi connectivity index (χ0n) is 12.8. The van der Waals surface area contributed by atoms with Crippen LogP contribution in [0.2, 0.25) is 0 Å². The van der Waals surface area contributed by atoms with E-state index in [1.165, 1.54) is 0 Å². The summed E-state index contributed by atoms with van der Waals surface area (Å²) in [6.07, 6.45) is 1.61. The van der Waals surface area contributed by atoms with Crippen LogP contribution in [-0.2, 0) is 0 Å². The lowest BCUT2D eigenvalue weighted by Crippen LogP contribution is -1.72. The Morgan fingerprint density at radius 1 is 0.625 bits per heavy atom. The quantitative estimate of drug-likeness (QED) is 0.397. The number of hydrogen-bond donors (Lipinski definition) is 0. The molecule has 0 saturated carbocycles. The highest BCUT2D eigenvalue weighted by Crippen LogP contribution is 2.33. The lowest BCUT2D eigenvalue weighted by atomic mass is 10.1. The Hall–Kier alpha value is -3.40. The third kappa shape index (κ3) is 2.90. The van der Waals surface area contributed by atoms with Gasteiger partial charge in [0, 0.05) is 17.2 Å². The second-order valence-electron chi connectivity index (χ2n) is 5.21. The van der Waals surface area contributed by atoms with Crippen molar-refractivity contribution in [1.29, 1.82) is 0 Å². The van der Waals surface area contributed by atoms with Gasteiger partial charge in [-0.15, -0.1) is 10.2 Å². The Morgan fingerprint density at radius 3 is 2.08 bits per heavy atom. The van der Waals surface area contributed by atoms with Gasteiger partial charge in [-0.1, -0.05) is 60.7 Å². The number of furan rings is 2. The SMILES string of the molecule is c1ccc(-c2ccc(N=Nc3occc3-c3ccccc3)o2)cc1. The molecule has 0 bridgehead atoms. The average molecular weight is 314 g/mol. The van der Waals surface area contributed by atoms with E-state index in [2.05, 4.69) is 10.2 Å². The molecule has 0 unspecified atom stereocenters. The molecule has 2 aromatic carbocycles. The van der Waals surface area contributed by atoms with Crippen molar-refractivity contribution in [2.75, 3.05) is 0 Å². The fourth-order valence-electron chi connectivity index (χ4n) is 2.45. The van der Waals surface area contributed by atoms with Crippen molar-refractivity contribution in [1.82, 2.24) is 0 Å². The molecular weight excluding hydrogens is 300 g/mol. The minimum Gasteiger partial charge on any atom is -0.445 e. The summed E-state index contributed by atoms with van der Waals surface area (Å²) in [5, 5.41) is 8.33. The largest absolute Gasteiger partial charge is 0.445 e. The highest BCUT2D eigenvalue weighted by atomic mass is 16.4. The van der Waals surface area contributed by atoms with Crippen LogP contribution in [0.1, 0.15) is 0 Å². The number of hydrogen-bond acceptors (Lipinski definition) is 4. The van der Waals surface area contributed by atoms with E-state index in [0.717, 1.165) is 22.5 Å². The second kappa shape index (κ2) is 6.38. The van der Waals surface area contributed by atoms with Crippen LogP contribution < -0.4 is 0 Å². The molecule has 0 fully saturated rings. The summed E-state index contributed by atoms with van der Waals surface area (Å²) in [6.45, 7) is 0. The van der Waals surface area contributed by atoms with Crippen LogP contribution in [0.4, 0.5) is 11.8 Å². The molecule has 0 aliphatic rings. The van der Waals surface area contributed by atoms with Crippen LogP contribution in [0.3, 0.4) is 0 Å². The highest BCUT2D eigenvalue weighted by molar-refractivity contribution is 5.72. The summed E-state index contributed by atoms with van der Waals surface area (Å²) in [5.74, 6) is 1.65. The van der Waals surface area contributed by atoms with E-state index < -0.39 is 0 Å². The van der Waals surface area contributed by atoms with E-state index in [1.54, 1.807) is 12.3 Å². The first kappa shape index (κ1) is 14.2. The maximum absolute atomic E-state index is 5.71. The van der Waals surface area contributed by atoms with Gasteiger partial charge < -0.3 is 8.83 Å². The molecule has 0 radical (unpaired) electrons. The van der Waals surface area contributed by atoms with E-state index in [-0.39, 0.29) is 0 Å². The minimum absolute atomic E-state index is 0.435.